The van der Waals surface area contributed by atoms with E-state index in [-0.39, 0.29) is 11.6 Å². The van der Waals surface area contributed by atoms with Crippen LogP contribution >= 0.6 is 0 Å². The zero-order chi connectivity index (χ0) is 15.6. The van der Waals surface area contributed by atoms with Crippen molar-refractivity contribution in [2.24, 2.45) is 0 Å². The molecule has 0 atom stereocenters. The molecule has 0 heterocycles. The fraction of sp³-hybridized carbons (Fsp3) is 0.500. The van der Waals surface area contributed by atoms with Crippen molar-refractivity contribution >= 4 is 11.6 Å². The van der Waals surface area contributed by atoms with Gasteiger partial charge in [0.25, 0.3) is 0 Å². The molecular formula is C16H22O4. The van der Waals surface area contributed by atoms with Crippen LogP contribution in [0, 0.1) is 0 Å². The first-order valence-corrected chi connectivity index (χ1v) is 6.45. The number of carbonyl (C=O) groups excluding carboxylic acids is 2. The summed E-state index contributed by atoms with van der Waals surface area (Å²) in [5.74, 6) is -0.324. The van der Waals surface area contributed by atoms with Crippen LogP contribution in [0.25, 0.3) is 0 Å². The summed E-state index contributed by atoms with van der Waals surface area (Å²) in [6.45, 7) is 6.79. The van der Waals surface area contributed by atoms with Gasteiger partial charge in [-0.25, -0.2) is 0 Å². The van der Waals surface area contributed by atoms with Crippen LogP contribution in [0.3, 0.4) is 0 Å². The van der Waals surface area contributed by atoms with Gasteiger partial charge in [-0.1, -0.05) is 18.2 Å². The highest BCUT2D eigenvalue weighted by molar-refractivity contribution is 6.06. The van der Waals surface area contributed by atoms with Gasteiger partial charge >= 0.3 is 0 Å². The molecule has 0 N–H and O–H groups in total. The Kier molecular flexibility index (Phi) is 4.84. The van der Waals surface area contributed by atoms with Crippen LogP contribution < -0.4 is 0 Å². The summed E-state index contributed by atoms with van der Waals surface area (Å²) in [7, 11) is 2.97. The molecular weight excluding hydrogens is 256 g/mol. The van der Waals surface area contributed by atoms with Crippen LogP contribution in [-0.2, 0) is 9.47 Å². The van der Waals surface area contributed by atoms with Gasteiger partial charge in [0.1, 0.15) is 11.2 Å². The fourth-order valence-electron chi connectivity index (χ4n) is 1.68. The molecule has 0 bridgehead atoms. The molecule has 0 fully saturated rings. The molecule has 0 radical (unpaired) electrons. The van der Waals surface area contributed by atoms with Gasteiger partial charge in [0, 0.05) is 25.3 Å². The molecule has 0 amide bonds. The molecule has 0 aliphatic heterocycles. The van der Waals surface area contributed by atoms with E-state index in [1.54, 1.807) is 52.0 Å². The van der Waals surface area contributed by atoms with Crippen molar-refractivity contribution in [3.63, 3.8) is 0 Å². The zero-order valence-electron chi connectivity index (χ0n) is 12.9. The van der Waals surface area contributed by atoms with Crippen molar-refractivity contribution in [3.05, 3.63) is 35.4 Å². The van der Waals surface area contributed by atoms with Crippen molar-refractivity contribution in [2.75, 3.05) is 14.2 Å². The Labute approximate surface area is 120 Å². The van der Waals surface area contributed by atoms with E-state index < -0.39 is 11.2 Å². The smallest absolute Gasteiger partial charge is 0.194 e. The highest BCUT2D eigenvalue weighted by Gasteiger charge is 2.31. The highest BCUT2D eigenvalue weighted by Crippen LogP contribution is 2.21. The van der Waals surface area contributed by atoms with Gasteiger partial charge in [0.05, 0.1) is 0 Å². The monoisotopic (exact) mass is 278 g/mol. The van der Waals surface area contributed by atoms with Crippen molar-refractivity contribution in [3.8, 4) is 0 Å². The minimum atomic E-state index is -0.918. The Bertz CT molecular complexity index is 472. The predicted molar refractivity (Wildman–Crippen MR) is 77.3 cm³/mol. The standard InChI is InChI=1S/C16H22O4/c1-15(2,19-5)13(17)11-8-7-9-12(10-11)14(18)16(3,4)20-6/h7-10H,1-6H3. The molecule has 0 aliphatic carbocycles. The Morgan fingerprint density at radius 1 is 0.850 bits per heavy atom. The molecule has 110 valence electrons. The van der Waals surface area contributed by atoms with Crippen molar-refractivity contribution in [2.45, 2.75) is 38.9 Å². The molecule has 1 aromatic carbocycles. The predicted octanol–water partition coefficient (Wildman–Crippen LogP) is 2.90. The number of Topliss-reactive ketones (excluding diaryl/α,β-unsaturated/α-hetero) is 2. The van der Waals surface area contributed by atoms with Crippen LogP contribution in [0.1, 0.15) is 48.4 Å². The maximum absolute atomic E-state index is 12.3. The Morgan fingerprint density at radius 2 is 1.20 bits per heavy atom. The van der Waals surface area contributed by atoms with E-state index in [1.165, 1.54) is 14.2 Å². The summed E-state index contributed by atoms with van der Waals surface area (Å²) in [5.41, 5.74) is -0.930. The third-order valence-corrected chi connectivity index (χ3v) is 3.50. The lowest BCUT2D eigenvalue weighted by molar-refractivity contribution is 0.0221. The van der Waals surface area contributed by atoms with Gasteiger partial charge in [0.2, 0.25) is 0 Å². The lowest BCUT2D eigenvalue weighted by atomic mass is 9.91. The first-order valence-electron chi connectivity index (χ1n) is 6.45. The second-order valence-electron chi connectivity index (χ2n) is 5.67. The molecule has 1 aromatic rings. The average Bonchev–Trinajstić information content (AvgIpc) is 2.45. The lowest BCUT2D eigenvalue weighted by Crippen LogP contribution is -2.35. The van der Waals surface area contributed by atoms with Crippen LogP contribution in [0.15, 0.2) is 24.3 Å². The van der Waals surface area contributed by atoms with E-state index in [1.807, 2.05) is 0 Å². The third kappa shape index (κ3) is 3.32. The molecule has 4 heteroatoms. The summed E-state index contributed by atoms with van der Waals surface area (Å²) < 4.78 is 10.4. The Hall–Kier alpha value is -1.52. The number of rotatable bonds is 6. The van der Waals surface area contributed by atoms with Crippen LogP contribution in [0.4, 0.5) is 0 Å². The van der Waals surface area contributed by atoms with E-state index >= 15 is 0 Å². The van der Waals surface area contributed by atoms with Crippen molar-refractivity contribution in [1.29, 1.82) is 0 Å². The second kappa shape index (κ2) is 5.85. The molecule has 20 heavy (non-hydrogen) atoms. The minimum absolute atomic E-state index is 0.162. The number of benzene rings is 1. The largest absolute Gasteiger partial charge is 0.371 e. The second-order valence-corrected chi connectivity index (χ2v) is 5.67. The minimum Gasteiger partial charge on any atom is -0.371 e. The van der Waals surface area contributed by atoms with E-state index in [9.17, 15) is 9.59 Å². The molecule has 0 saturated heterocycles. The lowest BCUT2D eigenvalue weighted by Gasteiger charge is -2.23. The molecule has 0 aliphatic rings. The molecule has 0 aromatic heterocycles. The summed E-state index contributed by atoms with van der Waals surface area (Å²) in [6.07, 6.45) is 0. The van der Waals surface area contributed by atoms with Crippen molar-refractivity contribution < 1.29 is 19.1 Å². The number of ether oxygens (including phenoxy) is 2. The van der Waals surface area contributed by atoms with Crippen LogP contribution in [0.5, 0.6) is 0 Å². The molecule has 1 rings (SSSR count). The summed E-state index contributed by atoms with van der Waals surface area (Å²) in [5, 5.41) is 0. The summed E-state index contributed by atoms with van der Waals surface area (Å²) >= 11 is 0. The molecule has 0 unspecified atom stereocenters. The van der Waals surface area contributed by atoms with Crippen LogP contribution in [0.2, 0.25) is 0 Å². The maximum Gasteiger partial charge on any atom is 0.194 e. The first-order chi connectivity index (χ1) is 9.15. The normalized spacial score (nSPS) is 12.3. The number of hydrogen-bond acceptors (Lipinski definition) is 4. The van der Waals surface area contributed by atoms with E-state index in [2.05, 4.69) is 0 Å². The van der Waals surface area contributed by atoms with Gasteiger partial charge in [-0.2, -0.15) is 0 Å². The van der Waals surface area contributed by atoms with Gasteiger partial charge in [-0.05, 0) is 33.8 Å². The fourth-order valence-corrected chi connectivity index (χ4v) is 1.68. The van der Waals surface area contributed by atoms with Gasteiger partial charge in [-0.3, -0.25) is 9.59 Å². The third-order valence-electron chi connectivity index (χ3n) is 3.50. The zero-order valence-corrected chi connectivity index (χ0v) is 12.9. The molecule has 0 spiro atoms. The Balaban J connectivity index is 3.16. The first kappa shape index (κ1) is 16.5. The topological polar surface area (TPSA) is 52.6 Å². The average molecular weight is 278 g/mol. The number of hydrogen-bond donors (Lipinski definition) is 0. The number of ketones is 2. The maximum atomic E-state index is 12.3. The quantitative estimate of drug-likeness (QED) is 0.751. The van der Waals surface area contributed by atoms with E-state index in [0.29, 0.717) is 11.1 Å². The number of methoxy groups -OCH3 is 2. The van der Waals surface area contributed by atoms with Gasteiger partial charge in [-0.15, -0.1) is 0 Å². The van der Waals surface area contributed by atoms with Crippen molar-refractivity contribution in [1.82, 2.24) is 0 Å². The summed E-state index contributed by atoms with van der Waals surface area (Å²) in [6, 6.07) is 6.64. The molecule has 0 saturated carbocycles. The highest BCUT2D eigenvalue weighted by atomic mass is 16.5. The van der Waals surface area contributed by atoms with E-state index in [4.69, 9.17) is 9.47 Å². The van der Waals surface area contributed by atoms with Gasteiger partial charge in [0.15, 0.2) is 11.6 Å². The van der Waals surface area contributed by atoms with E-state index in [0.717, 1.165) is 0 Å². The molecule has 4 nitrogen and oxygen atoms in total. The SMILES string of the molecule is COC(C)(C)C(=O)c1cccc(C(=O)C(C)(C)OC)c1. The van der Waals surface area contributed by atoms with Crippen LogP contribution in [-0.4, -0.2) is 37.0 Å². The Morgan fingerprint density at radius 3 is 1.50 bits per heavy atom. The number of carbonyl (C=O) groups is 2. The van der Waals surface area contributed by atoms with Gasteiger partial charge < -0.3 is 9.47 Å². The summed E-state index contributed by atoms with van der Waals surface area (Å²) in [4.78, 5) is 24.6.